The second kappa shape index (κ2) is 9.08. The zero-order valence-electron chi connectivity index (χ0n) is 14.6. The van der Waals surface area contributed by atoms with Crippen molar-refractivity contribution in [2.45, 2.75) is 58.1 Å². The number of hydrogen-bond donors (Lipinski definition) is 2. The van der Waals surface area contributed by atoms with Crippen LogP contribution in [-0.4, -0.2) is 71.3 Å². The first-order valence-electron chi connectivity index (χ1n) is 8.37. The van der Waals surface area contributed by atoms with Gasteiger partial charge in [0.1, 0.15) is 5.60 Å². The Bertz CT molecular complexity index is 395. The second-order valence-electron chi connectivity index (χ2n) is 6.95. The van der Waals surface area contributed by atoms with E-state index in [0.29, 0.717) is 32.6 Å². The standard InChI is InChI=1S/C16H31N3O4/c1-16(2,3)23-15(22)19-10-9-18(11-13(19)12-20)14(21)7-5-4-6-8-17/h13,20H,4-12,17H2,1-3H3. The highest BCUT2D eigenvalue weighted by Gasteiger charge is 2.34. The van der Waals surface area contributed by atoms with Crippen LogP contribution in [0.2, 0.25) is 0 Å². The summed E-state index contributed by atoms with van der Waals surface area (Å²) in [6.07, 6.45) is 2.76. The molecule has 0 bridgehead atoms. The van der Waals surface area contributed by atoms with Crippen molar-refractivity contribution in [3.8, 4) is 0 Å². The third-order valence-corrected chi connectivity index (χ3v) is 3.77. The van der Waals surface area contributed by atoms with Gasteiger partial charge in [-0.05, 0) is 40.2 Å². The maximum Gasteiger partial charge on any atom is 0.410 e. The van der Waals surface area contributed by atoms with Crippen LogP contribution in [0.1, 0.15) is 46.5 Å². The number of carbonyl (C=O) groups excluding carboxylic acids is 2. The molecule has 3 N–H and O–H groups in total. The molecule has 7 nitrogen and oxygen atoms in total. The van der Waals surface area contributed by atoms with E-state index in [4.69, 9.17) is 10.5 Å². The Balaban J connectivity index is 2.51. The molecule has 1 aliphatic rings. The number of rotatable bonds is 6. The molecule has 1 fully saturated rings. The lowest BCUT2D eigenvalue weighted by atomic mass is 10.1. The summed E-state index contributed by atoms with van der Waals surface area (Å²) < 4.78 is 5.36. The quantitative estimate of drug-likeness (QED) is 0.707. The molecule has 1 aliphatic heterocycles. The molecule has 1 heterocycles. The van der Waals surface area contributed by atoms with E-state index in [1.54, 1.807) is 25.7 Å². The summed E-state index contributed by atoms with van der Waals surface area (Å²) in [6.45, 7) is 7.09. The van der Waals surface area contributed by atoms with Gasteiger partial charge in [-0.3, -0.25) is 9.69 Å². The topological polar surface area (TPSA) is 96.1 Å². The predicted octanol–water partition coefficient (Wildman–Crippen LogP) is 0.946. The lowest BCUT2D eigenvalue weighted by Gasteiger charge is -2.41. The van der Waals surface area contributed by atoms with Crippen molar-refractivity contribution in [1.82, 2.24) is 9.80 Å². The fourth-order valence-corrected chi connectivity index (χ4v) is 2.55. The Labute approximate surface area is 138 Å². The predicted molar refractivity (Wildman–Crippen MR) is 87.9 cm³/mol. The highest BCUT2D eigenvalue weighted by molar-refractivity contribution is 5.77. The van der Waals surface area contributed by atoms with Crippen molar-refractivity contribution in [3.05, 3.63) is 0 Å². The third kappa shape index (κ3) is 6.74. The van der Waals surface area contributed by atoms with Crippen LogP contribution in [0.3, 0.4) is 0 Å². The Morgan fingerprint density at radius 3 is 2.48 bits per heavy atom. The molecule has 1 unspecified atom stereocenters. The van der Waals surface area contributed by atoms with Gasteiger partial charge in [0.15, 0.2) is 0 Å². The molecule has 1 saturated heterocycles. The summed E-state index contributed by atoms with van der Waals surface area (Å²) in [5.74, 6) is 0.0734. The number of ether oxygens (including phenoxy) is 1. The van der Waals surface area contributed by atoms with Gasteiger partial charge in [0, 0.05) is 26.1 Å². The summed E-state index contributed by atoms with van der Waals surface area (Å²) in [7, 11) is 0. The van der Waals surface area contributed by atoms with Gasteiger partial charge in [0.2, 0.25) is 5.91 Å². The van der Waals surface area contributed by atoms with E-state index in [1.807, 2.05) is 0 Å². The molecule has 134 valence electrons. The van der Waals surface area contributed by atoms with Gasteiger partial charge >= 0.3 is 6.09 Å². The lowest BCUT2D eigenvalue weighted by Crippen LogP contribution is -2.58. The van der Waals surface area contributed by atoms with Crippen LogP contribution in [0.25, 0.3) is 0 Å². The van der Waals surface area contributed by atoms with Crippen LogP contribution < -0.4 is 5.73 Å². The van der Waals surface area contributed by atoms with Crippen molar-refractivity contribution in [1.29, 1.82) is 0 Å². The monoisotopic (exact) mass is 329 g/mol. The van der Waals surface area contributed by atoms with Gasteiger partial charge in [0.05, 0.1) is 12.6 Å². The fourth-order valence-electron chi connectivity index (χ4n) is 2.55. The average Bonchev–Trinajstić information content (AvgIpc) is 2.49. The zero-order chi connectivity index (χ0) is 17.5. The number of unbranched alkanes of at least 4 members (excludes halogenated alkanes) is 2. The minimum Gasteiger partial charge on any atom is -0.444 e. The number of hydrogen-bond acceptors (Lipinski definition) is 5. The molecule has 0 saturated carbocycles. The molecule has 0 aliphatic carbocycles. The van der Waals surface area contributed by atoms with Gasteiger partial charge in [-0.1, -0.05) is 6.42 Å². The fraction of sp³-hybridized carbons (Fsp3) is 0.875. The van der Waals surface area contributed by atoms with Crippen LogP contribution >= 0.6 is 0 Å². The van der Waals surface area contributed by atoms with E-state index in [0.717, 1.165) is 19.3 Å². The second-order valence-corrected chi connectivity index (χ2v) is 6.95. The summed E-state index contributed by atoms with van der Waals surface area (Å²) in [6, 6.07) is -0.411. The largest absolute Gasteiger partial charge is 0.444 e. The normalized spacial score (nSPS) is 18.9. The van der Waals surface area contributed by atoms with Crippen LogP contribution in [0.5, 0.6) is 0 Å². The molecule has 0 aromatic heterocycles. The minimum atomic E-state index is -0.576. The van der Waals surface area contributed by atoms with Crippen LogP contribution in [-0.2, 0) is 9.53 Å². The van der Waals surface area contributed by atoms with Crippen LogP contribution in [0.15, 0.2) is 0 Å². The van der Waals surface area contributed by atoms with E-state index in [1.165, 1.54) is 4.90 Å². The van der Waals surface area contributed by atoms with Crippen molar-refractivity contribution in [3.63, 3.8) is 0 Å². The zero-order valence-corrected chi connectivity index (χ0v) is 14.6. The molecule has 0 radical (unpaired) electrons. The number of amides is 2. The molecule has 23 heavy (non-hydrogen) atoms. The van der Waals surface area contributed by atoms with E-state index in [-0.39, 0.29) is 12.5 Å². The highest BCUT2D eigenvalue weighted by atomic mass is 16.6. The van der Waals surface area contributed by atoms with E-state index in [2.05, 4.69) is 0 Å². The number of piperazine rings is 1. The first kappa shape index (κ1) is 19.7. The van der Waals surface area contributed by atoms with E-state index in [9.17, 15) is 14.7 Å². The summed E-state index contributed by atoms with van der Waals surface area (Å²) in [4.78, 5) is 27.6. The van der Waals surface area contributed by atoms with Gasteiger partial charge in [-0.15, -0.1) is 0 Å². The van der Waals surface area contributed by atoms with Gasteiger partial charge < -0.3 is 20.5 Å². The minimum absolute atomic E-state index is 0.0734. The molecule has 1 atom stereocenters. The maximum atomic E-state index is 12.2. The average molecular weight is 329 g/mol. The third-order valence-electron chi connectivity index (χ3n) is 3.77. The van der Waals surface area contributed by atoms with Crippen LogP contribution in [0.4, 0.5) is 4.79 Å². The summed E-state index contributed by atoms with van der Waals surface area (Å²) in [5, 5.41) is 9.55. The maximum absolute atomic E-state index is 12.2. The molecule has 2 amide bonds. The number of carbonyl (C=O) groups is 2. The van der Waals surface area contributed by atoms with Gasteiger partial charge in [-0.25, -0.2) is 4.79 Å². The van der Waals surface area contributed by atoms with Crippen molar-refractivity contribution < 1.29 is 19.4 Å². The lowest BCUT2D eigenvalue weighted by molar-refractivity contribution is -0.134. The summed E-state index contributed by atoms with van der Waals surface area (Å²) in [5.41, 5.74) is 4.86. The Morgan fingerprint density at radius 2 is 1.91 bits per heavy atom. The van der Waals surface area contributed by atoms with Crippen molar-refractivity contribution >= 4 is 12.0 Å². The Morgan fingerprint density at radius 1 is 1.22 bits per heavy atom. The Hall–Kier alpha value is -1.34. The first-order chi connectivity index (χ1) is 10.8. The molecule has 0 aromatic carbocycles. The molecular formula is C16H31N3O4. The number of aliphatic hydroxyl groups excluding tert-OH is 1. The molecule has 1 rings (SSSR count). The summed E-state index contributed by atoms with van der Waals surface area (Å²) >= 11 is 0. The number of aliphatic hydroxyl groups is 1. The number of nitrogens with two attached hydrogens (primary N) is 1. The molecule has 0 spiro atoms. The molecular weight excluding hydrogens is 298 g/mol. The Kier molecular flexibility index (Phi) is 7.78. The van der Waals surface area contributed by atoms with Gasteiger partial charge in [-0.2, -0.15) is 0 Å². The van der Waals surface area contributed by atoms with Gasteiger partial charge in [0.25, 0.3) is 0 Å². The number of nitrogens with zero attached hydrogens (tertiary/aromatic N) is 2. The highest BCUT2D eigenvalue weighted by Crippen LogP contribution is 2.17. The molecule has 0 aromatic rings. The van der Waals surface area contributed by atoms with Crippen LogP contribution in [0, 0.1) is 0 Å². The van der Waals surface area contributed by atoms with Crippen molar-refractivity contribution in [2.24, 2.45) is 5.73 Å². The van der Waals surface area contributed by atoms with E-state index < -0.39 is 17.7 Å². The van der Waals surface area contributed by atoms with E-state index >= 15 is 0 Å². The van der Waals surface area contributed by atoms with Crippen molar-refractivity contribution in [2.75, 3.05) is 32.8 Å². The first-order valence-corrected chi connectivity index (χ1v) is 8.37. The molecule has 7 heteroatoms. The SMILES string of the molecule is CC(C)(C)OC(=O)N1CCN(C(=O)CCCCCN)CC1CO. The smallest absolute Gasteiger partial charge is 0.410 e.